The molecule has 0 aliphatic heterocycles. The van der Waals surface area contributed by atoms with Crippen molar-refractivity contribution in [1.82, 2.24) is 9.62 Å². The van der Waals surface area contributed by atoms with Gasteiger partial charge in [-0.3, -0.25) is 0 Å². The van der Waals surface area contributed by atoms with E-state index in [-0.39, 0.29) is 13.7 Å². The first-order valence-corrected chi connectivity index (χ1v) is 5.20. The van der Waals surface area contributed by atoms with Crippen LogP contribution >= 0.6 is 0 Å². The lowest BCUT2D eigenvalue weighted by Gasteiger charge is -2.20. The highest BCUT2D eigenvalue weighted by atomic mass is 15.0. The maximum atomic E-state index is 3.21. The minimum Gasteiger partial charge on any atom is -0.337 e. The van der Waals surface area contributed by atoms with Crippen LogP contribution < -0.4 is 0 Å². The van der Waals surface area contributed by atoms with Gasteiger partial charge in [-0.15, -0.1) is 23.5 Å². The van der Waals surface area contributed by atoms with Crippen LogP contribution in [0.15, 0.2) is 0 Å². The molecule has 0 amide bonds. The summed E-state index contributed by atoms with van der Waals surface area (Å²) in [6, 6.07) is 0. The van der Waals surface area contributed by atoms with Gasteiger partial charge in [-0.05, 0) is 48.3 Å². The molecule has 0 saturated carbocycles. The molecule has 0 radical (unpaired) electrons. The van der Waals surface area contributed by atoms with Gasteiger partial charge in [0.15, 0.2) is 0 Å². The molecule has 0 aromatic carbocycles. The fraction of sp³-hybridized carbons (Fsp3) is 0.636. The summed E-state index contributed by atoms with van der Waals surface area (Å²) in [5, 5.41) is 0. The van der Waals surface area contributed by atoms with E-state index < -0.39 is 0 Å². The summed E-state index contributed by atoms with van der Waals surface area (Å²) in [4.78, 5) is 4.29. The summed E-state index contributed by atoms with van der Waals surface area (Å²) >= 11 is 0. The molecule has 0 aliphatic rings. The number of rotatable bonds is 4. The van der Waals surface area contributed by atoms with E-state index >= 15 is 0 Å². The lowest BCUT2D eigenvalue weighted by molar-refractivity contribution is 0.635. The van der Waals surface area contributed by atoms with Crippen molar-refractivity contribution in [2.24, 2.45) is 0 Å². The molecule has 0 saturated heterocycles. The van der Waals surface area contributed by atoms with E-state index in [1.54, 1.807) is 0 Å². The molecule has 0 aromatic rings. The molecule has 0 N–H and O–H groups in total. The Bertz CT molecular complexity index is 261. The molecule has 0 aliphatic carbocycles. The largest absolute Gasteiger partial charge is 0.337 e. The highest BCUT2D eigenvalue weighted by Crippen LogP contribution is 2.01. The fourth-order valence-corrected chi connectivity index (χ4v) is 1.34. The molecule has 0 unspecified atom stereocenters. The second-order valence-corrected chi connectivity index (χ2v) is 3.98. The molecule has 0 fully saturated rings. The zero-order chi connectivity index (χ0) is 11.8. The molecular weight excluding hydrogens is 182 g/mol. The molecule has 15 heavy (non-hydrogen) atoms. The topological polar surface area (TPSA) is 6.48 Å². The van der Waals surface area contributed by atoms with E-state index in [4.69, 9.17) is 0 Å². The van der Waals surface area contributed by atoms with Gasteiger partial charge in [0.05, 0.1) is 0 Å². The minimum atomic E-state index is 0.281. The standard InChI is InChI=1S/C11H20B2N2/c1-7-9-12(14(3)4)11-13(10-8-2)15(5)6/h11H2,1-6H3. The molecule has 0 heterocycles. The van der Waals surface area contributed by atoms with Gasteiger partial charge in [-0.2, -0.15) is 0 Å². The summed E-state index contributed by atoms with van der Waals surface area (Å²) in [7, 11) is 8.23. The van der Waals surface area contributed by atoms with Gasteiger partial charge in [0.25, 0.3) is 0 Å². The molecule has 2 nitrogen and oxygen atoms in total. The Kier molecular flexibility index (Phi) is 7.05. The number of hydrogen-bond donors (Lipinski definition) is 0. The summed E-state index contributed by atoms with van der Waals surface area (Å²) < 4.78 is 0. The van der Waals surface area contributed by atoms with Gasteiger partial charge in [-0.1, -0.05) is 0 Å². The first kappa shape index (κ1) is 14.2. The van der Waals surface area contributed by atoms with Gasteiger partial charge < -0.3 is 9.62 Å². The van der Waals surface area contributed by atoms with Crippen molar-refractivity contribution >= 4 is 13.7 Å². The third kappa shape index (κ3) is 5.57. The molecule has 80 valence electrons. The van der Waals surface area contributed by atoms with E-state index in [9.17, 15) is 0 Å². The Balaban J connectivity index is 4.56. The van der Waals surface area contributed by atoms with Crippen molar-refractivity contribution < 1.29 is 0 Å². The van der Waals surface area contributed by atoms with Crippen molar-refractivity contribution in [2.45, 2.75) is 20.1 Å². The van der Waals surface area contributed by atoms with Gasteiger partial charge in [-0.25, -0.2) is 0 Å². The van der Waals surface area contributed by atoms with Crippen molar-refractivity contribution in [3.63, 3.8) is 0 Å². The zero-order valence-electron chi connectivity index (χ0n) is 10.8. The average Bonchev–Trinajstić information content (AvgIpc) is 2.15. The van der Waals surface area contributed by atoms with E-state index in [1.807, 2.05) is 13.8 Å². The monoisotopic (exact) mass is 202 g/mol. The quantitative estimate of drug-likeness (QED) is 0.490. The van der Waals surface area contributed by atoms with E-state index in [0.717, 1.165) is 6.22 Å². The Morgan fingerprint density at radius 2 is 1.13 bits per heavy atom. The maximum absolute atomic E-state index is 3.21. The first-order chi connectivity index (χ1) is 7.02. The third-order valence-electron chi connectivity index (χ3n) is 2.32. The summed E-state index contributed by atoms with van der Waals surface area (Å²) in [5.74, 6) is 12.4. The SMILES string of the molecule is CC#CB(CB(C#CC)N(C)C)N(C)C. The van der Waals surface area contributed by atoms with Crippen LogP contribution in [0.1, 0.15) is 13.8 Å². The normalized spacial score (nSPS) is 9.07. The van der Waals surface area contributed by atoms with Crippen LogP contribution in [0.25, 0.3) is 0 Å². The van der Waals surface area contributed by atoms with Crippen molar-refractivity contribution in [3.8, 4) is 23.5 Å². The average molecular weight is 202 g/mol. The Hall–Kier alpha value is -0.830. The van der Waals surface area contributed by atoms with Crippen molar-refractivity contribution in [2.75, 3.05) is 28.2 Å². The van der Waals surface area contributed by atoms with Crippen molar-refractivity contribution in [1.29, 1.82) is 0 Å². The van der Waals surface area contributed by atoms with E-state index in [0.29, 0.717) is 0 Å². The molecule has 0 bridgehead atoms. The smallest absolute Gasteiger partial charge is 0.306 e. The molecule has 0 aromatic heterocycles. The zero-order valence-corrected chi connectivity index (χ0v) is 10.8. The van der Waals surface area contributed by atoms with Gasteiger partial charge in [0.1, 0.15) is 0 Å². The minimum absolute atomic E-state index is 0.281. The third-order valence-corrected chi connectivity index (χ3v) is 2.32. The predicted molar refractivity (Wildman–Crippen MR) is 70.6 cm³/mol. The molecule has 0 spiro atoms. The van der Waals surface area contributed by atoms with Gasteiger partial charge in [0.2, 0.25) is 0 Å². The lowest BCUT2D eigenvalue weighted by atomic mass is 9.39. The number of hydrogen-bond acceptors (Lipinski definition) is 2. The highest BCUT2D eigenvalue weighted by Gasteiger charge is 2.24. The molecule has 0 atom stereocenters. The van der Waals surface area contributed by atoms with Crippen LogP contribution in [0.4, 0.5) is 0 Å². The predicted octanol–water partition coefficient (Wildman–Crippen LogP) is 0.757. The maximum Gasteiger partial charge on any atom is 0.306 e. The van der Waals surface area contributed by atoms with Crippen LogP contribution in [-0.2, 0) is 0 Å². The van der Waals surface area contributed by atoms with Crippen LogP contribution in [0.5, 0.6) is 0 Å². The van der Waals surface area contributed by atoms with E-state index in [1.165, 1.54) is 0 Å². The molecule has 4 heteroatoms. The Morgan fingerprint density at radius 3 is 1.33 bits per heavy atom. The molecular formula is C11H20B2N2. The number of nitrogens with zero attached hydrogens (tertiary/aromatic N) is 2. The van der Waals surface area contributed by atoms with Crippen LogP contribution in [0, 0.1) is 23.5 Å². The second kappa shape index (κ2) is 7.46. The summed E-state index contributed by atoms with van der Waals surface area (Å²) in [5.41, 5.74) is 0. The first-order valence-electron chi connectivity index (χ1n) is 5.20. The molecule has 0 rings (SSSR count). The van der Waals surface area contributed by atoms with Crippen LogP contribution in [0.3, 0.4) is 0 Å². The van der Waals surface area contributed by atoms with Gasteiger partial charge in [0, 0.05) is 0 Å². The Labute approximate surface area is 95.6 Å². The lowest BCUT2D eigenvalue weighted by Crippen LogP contribution is -2.42. The second-order valence-electron chi connectivity index (χ2n) is 3.98. The van der Waals surface area contributed by atoms with Crippen LogP contribution in [0.2, 0.25) is 6.22 Å². The summed E-state index contributed by atoms with van der Waals surface area (Å²) in [6.07, 6.45) is 0.960. The summed E-state index contributed by atoms with van der Waals surface area (Å²) in [6.45, 7) is 4.32. The highest BCUT2D eigenvalue weighted by molar-refractivity contribution is 6.82. The Morgan fingerprint density at radius 1 is 0.800 bits per heavy atom. The van der Waals surface area contributed by atoms with E-state index in [2.05, 4.69) is 61.3 Å². The fourth-order valence-electron chi connectivity index (χ4n) is 1.34. The van der Waals surface area contributed by atoms with Crippen LogP contribution in [-0.4, -0.2) is 51.5 Å². The van der Waals surface area contributed by atoms with Crippen molar-refractivity contribution in [3.05, 3.63) is 0 Å². The van der Waals surface area contributed by atoms with Gasteiger partial charge >= 0.3 is 13.7 Å².